The zero-order chi connectivity index (χ0) is 9.35. The molecule has 0 saturated carbocycles. The van der Waals surface area contributed by atoms with Crippen LogP contribution >= 0.6 is 11.5 Å². The average molecular weight is 204 g/mol. The van der Waals surface area contributed by atoms with Crippen molar-refractivity contribution in [2.24, 2.45) is 0 Å². The molecule has 0 spiro atoms. The number of rotatable bonds is 1. The van der Waals surface area contributed by atoms with E-state index >= 15 is 0 Å². The first-order chi connectivity index (χ1) is 5.46. The molecule has 1 aromatic heterocycles. The standard InChI is InChI=1S/C5H4N2O3S2/c1-12(9,10)5-3(2-6)4(8)7-11-5/h1H3,(H,7,8). The van der Waals surface area contributed by atoms with Gasteiger partial charge in [-0.25, -0.2) is 8.42 Å². The normalized spacial score (nSPS) is 11.0. The van der Waals surface area contributed by atoms with Gasteiger partial charge in [-0.3, -0.25) is 0 Å². The van der Waals surface area contributed by atoms with E-state index in [1.54, 1.807) is 6.07 Å². The fourth-order valence-electron chi connectivity index (χ4n) is 0.616. The maximum Gasteiger partial charge on any atom is 0.242 e. The summed E-state index contributed by atoms with van der Waals surface area (Å²) < 4.78 is 25.0. The highest BCUT2D eigenvalue weighted by Crippen LogP contribution is 2.27. The number of aromatic nitrogens is 1. The van der Waals surface area contributed by atoms with Gasteiger partial charge < -0.3 is 5.11 Å². The Morgan fingerprint density at radius 3 is 2.58 bits per heavy atom. The smallest absolute Gasteiger partial charge is 0.242 e. The number of sulfone groups is 1. The summed E-state index contributed by atoms with van der Waals surface area (Å²) >= 11 is 0.597. The van der Waals surface area contributed by atoms with Crippen molar-refractivity contribution in [1.82, 2.24) is 4.37 Å². The number of hydrogen-bond donors (Lipinski definition) is 1. The fraction of sp³-hybridized carbons (Fsp3) is 0.200. The Balaban J connectivity index is 3.49. The summed E-state index contributed by atoms with van der Waals surface area (Å²) in [4.78, 5) is 0. The molecule has 0 aliphatic rings. The molecule has 0 aliphatic carbocycles. The molecule has 1 heterocycles. The van der Waals surface area contributed by atoms with Crippen LogP contribution in [0.15, 0.2) is 4.21 Å². The van der Waals surface area contributed by atoms with Gasteiger partial charge in [-0.1, -0.05) is 0 Å². The first-order valence-corrected chi connectivity index (χ1v) is 5.42. The molecule has 0 unspecified atom stereocenters. The molecule has 12 heavy (non-hydrogen) atoms. The molecule has 0 saturated heterocycles. The number of nitriles is 1. The molecule has 0 radical (unpaired) electrons. The van der Waals surface area contributed by atoms with Crippen molar-refractivity contribution in [2.75, 3.05) is 6.26 Å². The van der Waals surface area contributed by atoms with Gasteiger partial charge in [0.05, 0.1) is 0 Å². The van der Waals surface area contributed by atoms with E-state index in [4.69, 9.17) is 10.4 Å². The summed E-state index contributed by atoms with van der Waals surface area (Å²) in [6, 6.07) is 1.57. The Morgan fingerprint density at radius 1 is 1.67 bits per heavy atom. The molecule has 0 fully saturated rings. The SMILES string of the molecule is CS(=O)(=O)c1snc(O)c1C#N. The third-order valence-corrected chi connectivity index (χ3v) is 3.74. The first-order valence-electron chi connectivity index (χ1n) is 2.75. The Morgan fingerprint density at radius 2 is 2.25 bits per heavy atom. The summed E-state index contributed by atoms with van der Waals surface area (Å²) in [5.41, 5.74) is -0.275. The predicted octanol–water partition coefficient (Wildman–Crippen LogP) is 0.124. The number of hydrogen-bond acceptors (Lipinski definition) is 6. The Bertz CT molecular complexity index is 440. The Kier molecular flexibility index (Phi) is 2.04. The monoisotopic (exact) mass is 204 g/mol. The highest BCUT2D eigenvalue weighted by atomic mass is 32.2. The van der Waals surface area contributed by atoms with E-state index in [2.05, 4.69) is 4.37 Å². The van der Waals surface area contributed by atoms with Crippen LogP contribution in [0.25, 0.3) is 0 Å². The second-order valence-electron chi connectivity index (χ2n) is 2.05. The van der Waals surface area contributed by atoms with E-state index in [0.717, 1.165) is 6.26 Å². The molecule has 1 N–H and O–H groups in total. The topological polar surface area (TPSA) is 91.1 Å². The van der Waals surface area contributed by atoms with Gasteiger partial charge >= 0.3 is 0 Å². The van der Waals surface area contributed by atoms with Gasteiger partial charge in [0.1, 0.15) is 11.6 Å². The van der Waals surface area contributed by atoms with Gasteiger partial charge in [0.2, 0.25) is 5.88 Å². The van der Waals surface area contributed by atoms with Gasteiger partial charge in [-0.15, -0.1) is 0 Å². The molecule has 0 aromatic carbocycles. The maximum atomic E-state index is 10.9. The summed E-state index contributed by atoms with van der Waals surface area (Å²) in [6.07, 6.45) is 0.959. The van der Waals surface area contributed by atoms with Crippen molar-refractivity contribution in [1.29, 1.82) is 5.26 Å². The maximum absolute atomic E-state index is 10.9. The van der Waals surface area contributed by atoms with Gasteiger partial charge in [-0.2, -0.15) is 9.64 Å². The third-order valence-electron chi connectivity index (χ3n) is 1.09. The molecule has 0 aliphatic heterocycles. The average Bonchev–Trinajstić information content (AvgIpc) is 2.29. The van der Waals surface area contributed by atoms with Crippen LogP contribution in [0.4, 0.5) is 0 Å². The van der Waals surface area contributed by atoms with Crippen LogP contribution in [-0.2, 0) is 9.84 Å². The van der Waals surface area contributed by atoms with Crippen LogP contribution in [0, 0.1) is 11.3 Å². The molecule has 0 amide bonds. The highest BCUT2D eigenvalue weighted by molar-refractivity contribution is 7.92. The van der Waals surface area contributed by atoms with Gasteiger partial charge in [0, 0.05) is 6.26 Å². The van der Waals surface area contributed by atoms with E-state index in [0.29, 0.717) is 11.5 Å². The zero-order valence-electron chi connectivity index (χ0n) is 5.97. The summed E-state index contributed by atoms with van der Waals surface area (Å²) in [5.74, 6) is -0.525. The van der Waals surface area contributed by atoms with Crippen molar-refractivity contribution in [2.45, 2.75) is 4.21 Å². The molecule has 0 bridgehead atoms. The molecule has 1 rings (SSSR count). The second kappa shape index (κ2) is 2.73. The van der Waals surface area contributed by atoms with Crippen molar-refractivity contribution in [3.05, 3.63) is 5.56 Å². The number of aromatic hydroxyl groups is 1. The van der Waals surface area contributed by atoms with Crippen LogP contribution in [0.1, 0.15) is 5.56 Å². The van der Waals surface area contributed by atoms with Crippen molar-refractivity contribution in [3.8, 4) is 11.9 Å². The molecule has 7 heteroatoms. The molecule has 1 aromatic rings. The quantitative estimate of drug-likeness (QED) is 0.701. The van der Waals surface area contributed by atoms with E-state index in [1.807, 2.05) is 0 Å². The molecule has 5 nitrogen and oxygen atoms in total. The fourth-order valence-corrected chi connectivity index (χ4v) is 2.27. The highest BCUT2D eigenvalue weighted by Gasteiger charge is 2.20. The molecular weight excluding hydrogens is 200 g/mol. The lowest BCUT2D eigenvalue weighted by Crippen LogP contribution is -1.95. The summed E-state index contributed by atoms with van der Waals surface area (Å²) in [7, 11) is -3.45. The van der Waals surface area contributed by atoms with E-state index in [1.165, 1.54) is 0 Å². The van der Waals surface area contributed by atoms with Gasteiger partial charge in [0.15, 0.2) is 14.0 Å². The molecule has 64 valence electrons. The minimum Gasteiger partial charge on any atom is -0.492 e. The first kappa shape index (κ1) is 8.96. The number of nitrogens with zero attached hydrogens (tertiary/aromatic N) is 2. The van der Waals surface area contributed by atoms with Crippen LogP contribution < -0.4 is 0 Å². The predicted molar refractivity (Wildman–Crippen MR) is 41.6 cm³/mol. The Labute approximate surface area is 73.0 Å². The van der Waals surface area contributed by atoms with E-state index in [-0.39, 0.29) is 9.77 Å². The van der Waals surface area contributed by atoms with Crippen molar-refractivity contribution >= 4 is 21.4 Å². The summed E-state index contributed by atoms with van der Waals surface area (Å²) in [5, 5.41) is 17.4. The van der Waals surface area contributed by atoms with Crippen LogP contribution in [0.2, 0.25) is 0 Å². The van der Waals surface area contributed by atoms with E-state index < -0.39 is 15.7 Å². The van der Waals surface area contributed by atoms with Gasteiger partial charge in [-0.05, 0) is 11.5 Å². The second-order valence-corrected chi connectivity index (χ2v) is 5.04. The van der Waals surface area contributed by atoms with Crippen molar-refractivity contribution < 1.29 is 13.5 Å². The van der Waals surface area contributed by atoms with Crippen LogP contribution in [0.3, 0.4) is 0 Å². The largest absolute Gasteiger partial charge is 0.492 e. The van der Waals surface area contributed by atoms with Crippen LogP contribution in [-0.4, -0.2) is 24.2 Å². The van der Waals surface area contributed by atoms with E-state index in [9.17, 15) is 8.42 Å². The molecular formula is C5H4N2O3S2. The Hall–Kier alpha value is -1.13. The van der Waals surface area contributed by atoms with Crippen LogP contribution in [0.5, 0.6) is 5.88 Å². The lowest BCUT2D eigenvalue weighted by Gasteiger charge is -1.89. The molecule has 0 atom stereocenters. The minimum absolute atomic E-state index is 0.192. The third kappa shape index (κ3) is 1.39. The lowest BCUT2D eigenvalue weighted by molar-refractivity contribution is 0.457. The minimum atomic E-state index is -3.45. The van der Waals surface area contributed by atoms with Crippen molar-refractivity contribution in [3.63, 3.8) is 0 Å². The lowest BCUT2D eigenvalue weighted by atomic mass is 10.4. The summed E-state index contributed by atoms with van der Waals surface area (Å²) in [6.45, 7) is 0. The van der Waals surface area contributed by atoms with Gasteiger partial charge in [0.25, 0.3) is 0 Å². The zero-order valence-corrected chi connectivity index (χ0v) is 7.61.